The van der Waals surface area contributed by atoms with Crippen LogP contribution in [0, 0.1) is 0 Å². The highest BCUT2D eigenvalue weighted by molar-refractivity contribution is 9.10. The third kappa shape index (κ3) is 7.40. The van der Waals surface area contributed by atoms with Crippen molar-refractivity contribution in [1.82, 2.24) is 4.98 Å². The molecule has 0 radical (unpaired) electrons. The van der Waals surface area contributed by atoms with Gasteiger partial charge in [0, 0.05) is 13.8 Å². The summed E-state index contributed by atoms with van der Waals surface area (Å²) in [5, 5.41) is 5.79. The van der Waals surface area contributed by atoms with Gasteiger partial charge in [0.2, 0.25) is 0 Å². The Bertz CT molecular complexity index is 634. The second-order valence-electron chi connectivity index (χ2n) is 5.67. The lowest BCUT2D eigenvalue weighted by atomic mass is 10.1. The lowest BCUT2D eigenvalue weighted by Gasteiger charge is -2.28. The minimum absolute atomic E-state index is 0.142. The summed E-state index contributed by atoms with van der Waals surface area (Å²) in [6, 6.07) is 1.68. The zero-order chi connectivity index (χ0) is 18.3. The van der Waals surface area contributed by atoms with Gasteiger partial charge in [-0.1, -0.05) is 0 Å². The number of hydrogen-bond acceptors (Lipinski definition) is 7. The molecule has 0 unspecified atom stereocenters. The normalized spacial score (nSPS) is 10.7. The van der Waals surface area contributed by atoms with Crippen LogP contribution in [0.4, 0.5) is 11.4 Å². The van der Waals surface area contributed by atoms with Gasteiger partial charge in [0.1, 0.15) is 11.2 Å². The molecule has 2 N–H and O–H groups in total. The monoisotopic (exact) mass is 401 g/mol. The standard InChI is InChI=1S/C15H20BrN3O5/c1-9(20)23-7-14(22)18-12-6-17-13(16)5-11(12)19-15(3,4)8-24-10(2)21/h5-6H,7-8H2,1-4H3,(H,17,19)(H,18,22). The smallest absolute Gasteiger partial charge is 0.303 e. The van der Waals surface area contributed by atoms with Gasteiger partial charge >= 0.3 is 11.9 Å². The Morgan fingerprint density at radius 3 is 2.38 bits per heavy atom. The summed E-state index contributed by atoms with van der Waals surface area (Å²) < 4.78 is 10.2. The van der Waals surface area contributed by atoms with E-state index in [0.29, 0.717) is 16.0 Å². The van der Waals surface area contributed by atoms with E-state index >= 15 is 0 Å². The van der Waals surface area contributed by atoms with Gasteiger partial charge in [-0.25, -0.2) is 4.98 Å². The van der Waals surface area contributed by atoms with E-state index in [1.165, 1.54) is 20.0 Å². The number of carbonyl (C=O) groups excluding carboxylic acids is 3. The van der Waals surface area contributed by atoms with Crippen LogP contribution in [0.25, 0.3) is 0 Å². The molecule has 1 rings (SSSR count). The lowest BCUT2D eigenvalue weighted by Crippen LogP contribution is -2.37. The molecule has 0 aromatic carbocycles. The first-order chi connectivity index (χ1) is 11.1. The Hall–Kier alpha value is -2.16. The summed E-state index contributed by atoms with van der Waals surface area (Å²) in [7, 11) is 0. The highest BCUT2D eigenvalue weighted by atomic mass is 79.9. The zero-order valence-corrected chi connectivity index (χ0v) is 15.5. The third-order valence-corrected chi connectivity index (χ3v) is 3.09. The van der Waals surface area contributed by atoms with Crippen molar-refractivity contribution in [2.45, 2.75) is 33.2 Å². The Morgan fingerprint density at radius 2 is 1.79 bits per heavy atom. The summed E-state index contributed by atoms with van der Waals surface area (Å²) in [6.07, 6.45) is 1.46. The Morgan fingerprint density at radius 1 is 1.17 bits per heavy atom. The second-order valence-corrected chi connectivity index (χ2v) is 6.48. The van der Waals surface area contributed by atoms with E-state index in [2.05, 4.69) is 36.3 Å². The molecule has 0 aliphatic carbocycles. The fourth-order valence-corrected chi connectivity index (χ4v) is 2.00. The predicted octanol–water partition coefficient (Wildman–Crippen LogP) is 2.10. The van der Waals surface area contributed by atoms with Gasteiger partial charge in [-0.3, -0.25) is 14.4 Å². The van der Waals surface area contributed by atoms with Crippen LogP contribution in [0.1, 0.15) is 27.7 Å². The zero-order valence-electron chi connectivity index (χ0n) is 13.9. The van der Waals surface area contributed by atoms with E-state index in [9.17, 15) is 14.4 Å². The van der Waals surface area contributed by atoms with Crippen LogP contribution in [0.2, 0.25) is 0 Å². The van der Waals surface area contributed by atoms with Gasteiger partial charge in [0.25, 0.3) is 5.91 Å². The van der Waals surface area contributed by atoms with E-state index < -0.39 is 17.4 Å². The van der Waals surface area contributed by atoms with Crippen molar-refractivity contribution >= 4 is 45.2 Å². The van der Waals surface area contributed by atoms with Crippen molar-refractivity contribution in [3.05, 3.63) is 16.9 Å². The second kappa shape index (κ2) is 8.62. The summed E-state index contributed by atoms with van der Waals surface area (Å²) in [5.74, 6) is -1.41. The van der Waals surface area contributed by atoms with Gasteiger partial charge < -0.3 is 20.1 Å². The quantitative estimate of drug-likeness (QED) is 0.531. The largest absolute Gasteiger partial charge is 0.463 e. The van der Waals surface area contributed by atoms with Gasteiger partial charge in [-0.15, -0.1) is 0 Å². The minimum Gasteiger partial charge on any atom is -0.463 e. The van der Waals surface area contributed by atoms with Crippen LogP contribution in [-0.4, -0.2) is 41.6 Å². The highest BCUT2D eigenvalue weighted by Gasteiger charge is 2.21. The molecular formula is C15H20BrN3O5. The molecule has 1 heterocycles. The molecule has 132 valence electrons. The molecule has 1 aromatic heterocycles. The van der Waals surface area contributed by atoms with Crippen molar-refractivity contribution in [2.75, 3.05) is 23.8 Å². The fraction of sp³-hybridized carbons (Fsp3) is 0.467. The summed E-state index contributed by atoms with van der Waals surface area (Å²) >= 11 is 3.26. The number of pyridine rings is 1. The molecule has 1 amide bonds. The van der Waals surface area contributed by atoms with E-state index in [0.717, 1.165) is 0 Å². The minimum atomic E-state index is -0.582. The number of rotatable bonds is 7. The Labute approximate surface area is 148 Å². The van der Waals surface area contributed by atoms with Crippen molar-refractivity contribution in [1.29, 1.82) is 0 Å². The van der Waals surface area contributed by atoms with Crippen LogP contribution in [0.15, 0.2) is 16.9 Å². The van der Waals surface area contributed by atoms with Crippen LogP contribution in [0.3, 0.4) is 0 Å². The molecule has 8 nitrogen and oxygen atoms in total. The van der Waals surface area contributed by atoms with Crippen LogP contribution in [-0.2, 0) is 23.9 Å². The first-order valence-electron chi connectivity index (χ1n) is 7.09. The first-order valence-corrected chi connectivity index (χ1v) is 7.88. The Kier molecular flexibility index (Phi) is 7.15. The maximum atomic E-state index is 11.8. The van der Waals surface area contributed by atoms with Gasteiger partial charge in [-0.05, 0) is 35.8 Å². The number of halogens is 1. The first kappa shape index (κ1) is 19.9. The molecular weight excluding hydrogens is 382 g/mol. The van der Waals surface area contributed by atoms with Crippen molar-refractivity contribution in [3.63, 3.8) is 0 Å². The summed E-state index contributed by atoms with van der Waals surface area (Å²) in [6.45, 7) is 5.99. The van der Waals surface area contributed by atoms with Crippen molar-refractivity contribution in [2.24, 2.45) is 0 Å². The predicted molar refractivity (Wildman–Crippen MR) is 91.5 cm³/mol. The van der Waals surface area contributed by atoms with E-state index in [1.807, 2.05) is 13.8 Å². The van der Waals surface area contributed by atoms with E-state index in [1.54, 1.807) is 6.07 Å². The third-order valence-electron chi connectivity index (χ3n) is 2.66. The molecule has 0 spiro atoms. The average molecular weight is 402 g/mol. The topological polar surface area (TPSA) is 107 Å². The molecule has 0 saturated carbocycles. The number of ether oxygens (including phenoxy) is 2. The lowest BCUT2D eigenvalue weighted by molar-refractivity contribution is -0.145. The summed E-state index contributed by atoms with van der Waals surface area (Å²) in [5.41, 5.74) is 0.401. The fourth-order valence-electron chi connectivity index (χ4n) is 1.67. The summed E-state index contributed by atoms with van der Waals surface area (Å²) in [4.78, 5) is 37.6. The van der Waals surface area contributed by atoms with Crippen LogP contribution >= 0.6 is 15.9 Å². The molecule has 0 aliphatic rings. The maximum Gasteiger partial charge on any atom is 0.303 e. The van der Waals surface area contributed by atoms with Crippen molar-refractivity contribution < 1.29 is 23.9 Å². The van der Waals surface area contributed by atoms with Gasteiger partial charge in [-0.2, -0.15) is 0 Å². The van der Waals surface area contributed by atoms with Crippen LogP contribution < -0.4 is 10.6 Å². The average Bonchev–Trinajstić information content (AvgIpc) is 2.46. The number of anilines is 2. The molecule has 0 aliphatic heterocycles. The molecule has 24 heavy (non-hydrogen) atoms. The number of esters is 2. The number of carbonyl (C=O) groups is 3. The number of hydrogen-bond donors (Lipinski definition) is 2. The highest BCUT2D eigenvalue weighted by Crippen LogP contribution is 2.27. The van der Waals surface area contributed by atoms with E-state index in [-0.39, 0.29) is 19.2 Å². The molecule has 1 aromatic rings. The van der Waals surface area contributed by atoms with Gasteiger partial charge in [0.15, 0.2) is 6.61 Å². The Balaban J connectivity index is 2.86. The number of nitrogens with zero attached hydrogens (tertiary/aromatic N) is 1. The van der Waals surface area contributed by atoms with Gasteiger partial charge in [0.05, 0.1) is 23.1 Å². The number of nitrogens with one attached hydrogen (secondary N) is 2. The van der Waals surface area contributed by atoms with Crippen LogP contribution in [0.5, 0.6) is 0 Å². The molecule has 0 bridgehead atoms. The maximum absolute atomic E-state index is 11.8. The SMILES string of the molecule is CC(=O)OCC(=O)Nc1cnc(Br)cc1NC(C)(C)COC(C)=O. The molecule has 0 atom stereocenters. The number of amides is 1. The van der Waals surface area contributed by atoms with E-state index in [4.69, 9.17) is 4.74 Å². The molecule has 0 fully saturated rings. The molecule has 0 saturated heterocycles. The number of aromatic nitrogens is 1. The molecule has 9 heteroatoms. The van der Waals surface area contributed by atoms with Crippen molar-refractivity contribution in [3.8, 4) is 0 Å².